The Labute approximate surface area is 106 Å². The SMILES string of the molecule is COC1CC(NC(=O)NC(C)(C(=O)O)C2CC2)C1. The predicted molar refractivity (Wildman–Crippen MR) is 64.3 cm³/mol. The van der Waals surface area contributed by atoms with Crippen LogP contribution in [0.5, 0.6) is 0 Å². The number of carboxylic acid groups (broad SMARTS) is 1. The normalized spacial score (nSPS) is 29.9. The van der Waals surface area contributed by atoms with Crippen molar-refractivity contribution in [2.45, 2.75) is 50.3 Å². The molecule has 0 aromatic carbocycles. The Balaban J connectivity index is 1.81. The third kappa shape index (κ3) is 2.58. The number of carbonyl (C=O) groups excluding carboxylic acids is 1. The Morgan fingerprint density at radius 1 is 1.33 bits per heavy atom. The largest absolute Gasteiger partial charge is 0.480 e. The van der Waals surface area contributed by atoms with Gasteiger partial charge in [-0.15, -0.1) is 0 Å². The van der Waals surface area contributed by atoms with Gasteiger partial charge in [-0.2, -0.15) is 0 Å². The van der Waals surface area contributed by atoms with Crippen molar-refractivity contribution in [3.8, 4) is 0 Å². The number of methoxy groups -OCH3 is 1. The molecule has 1 atom stereocenters. The standard InChI is InChI=1S/C12H20N2O4/c1-12(10(15)16,7-3-4-7)14-11(17)13-8-5-9(6-8)18-2/h7-9H,3-6H2,1-2H3,(H,15,16)(H2,13,14,17). The van der Waals surface area contributed by atoms with E-state index in [2.05, 4.69) is 10.6 Å². The van der Waals surface area contributed by atoms with Crippen molar-refractivity contribution in [2.24, 2.45) is 5.92 Å². The average Bonchev–Trinajstić information content (AvgIpc) is 3.05. The first kappa shape index (κ1) is 13.1. The van der Waals surface area contributed by atoms with E-state index in [1.54, 1.807) is 14.0 Å². The molecule has 0 aromatic heterocycles. The molecule has 0 radical (unpaired) electrons. The fourth-order valence-corrected chi connectivity index (χ4v) is 2.32. The molecule has 18 heavy (non-hydrogen) atoms. The number of hydrogen-bond donors (Lipinski definition) is 3. The van der Waals surface area contributed by atoms with Crippen molar-refractivity contribution in [3.63, 3.8) is 0 Å². The summed E-state index contributed by atoms with van der Waals surface area (Å²) in [6.45, 7) is 1.57. The molecular weight excluding hydrogens is 236 g/mol. The van der Waals surface area contributed by atoms with Crippen molar-refractivity contribution in [3.05, 3.63) is 0 Å². The molecule has 2 rings (SSSR count). The average molecular weight is 256 g/mol. The van der Waals surface area contributed by atoms with Gasteiger partial charge in [-0.3, -0.25) is 0 Å². The Morgan fingerprint density at radius 3 is 2.39 bits per heavy atom. The first-order chi connectivity index (χ1) is 8.45. The number of urea groups is 1. The van der Waals surface area contributed by atoms with Gasteiger partial charge in [0.2, 0.25) is 0 Å². The Bertz CT molecular complexity index is 350. The van der Waals surface area contributed by atoms with Crippen LogP contribution in [0.15, 0.2) is 0 Å². The number of nitrogens with one attached hydrogen (secondary N) is 2. The number of rotatable bonds is 5. The summed E-state index contributed by atoms with van der Waals surface area (Å²) in [6, 6.07) is -0.307. The van der Waals surface area contributed by atoms with Crippen molar-refractivity contribution in [2.75, 3.05) is 7.11 Å². The second-order valence-corrected chi connectivity index (χ2v) is 5.41. The van der Waals surface area contributed by atoms with Crippen LogP contribution in [0.3, 0.4) is 0 Å². The summed E-state index contributed by atoms with van der Waals surface area (Å²) in [5.74, 6) is -0.919. The summed E-state index contributed by atoms with van der Waals surface area (Å²) in [5.41, 5.74) is -1.14. The first-order valence-electron chi connectivity index (χ1n) is 6.30. The van der Waals surface area contributed by atoms with Gasteiger partial charge in [-0.25, -0.2) is 9.59 Å². The maximum atomic E-state index is 11.8. The molecule has 2 fully saturated rings. The lowest BCUT2D eigenvalue weighted by molar-refractivity contribution is -0.144. The van der Waals surface area contributed by atoms with Gasteiger partial charge in [0.25, 0.3) is 0 Å². The molecule has 0 aromatic rings. The maximum Gasteiger partial charge on any atom is 0.329 e. The van der Waals surface area contributed by atoms with E-state index < -0.39 is 17.5 Å². The van der Waals surface area contributed by atoms with E-state index in [0.29, 0.717) is 0 Å². The van der Waals surface area contributed by atoms with Gasteiger partial charge < -0.3 is 20.5 Å². The molecule has 102 valence electrons. The van der Waals surface area contributed by atoms with Crippen LogP contribution in [-0.4, -0.2) is 41.9 Å². The number of ether oxygens (including phenoxy) is 1. The van der Waals surface area contributed by atoms with E-state index in [1.807, 2.05) is 0 Å². The van der Waals surface area contributed by atoms with Crippen LogP contribution < -0.4 is 10.6 Å². The third-order valence-corrected chi connectivity index (χ3v) is 3.97. The lowest BCUT2D eigenvalue weighted by Gasteiger charge is -2.35. The highest BCUT2D eigenvalue weighted by molar-refractivity contribution is 5.86. The minimum Gasteiger partial charge on any atom is -0.480 e. The highest BCUT2D eigenvalue weighted by atomic mass is 16.5. The molecule has 0 spiro atoms. The number of aliphatic carboxylic acids is 1. The van der Waals surface area contributed by atoms with E-state index in [1.165, 1.54) is 0 Å². The van der Waals surface area contributed by atoms with Gasteiger partial charge in [0.15, 0.2) is 0 Å². The van der Waals surface area contributed by atoms with Crippen LogP contribution in [-0.2, 0) is 9.53 Å². The van der Waals surface area contributed by atoms with Crippen LogP contribution in [0.4, 0.5) is 4.79 Å². The quantitative estimate of drug-likeness (QED) is 0.676. The second-order valence-electron chi connectivity index (χ2n) is 5.41. The van der Waals surface area contributed by atoms with E-state index in [9.17, 15) is 14.7 Å². The highest BCUT2D eigenvalue weighted by Gasteiger charge is 2.48. The molecule has 2 aliphatic rings. The monoisotopic (exact) mass is 256 g/mol. The van der Waals surface area contributed by atoms with E-state index in [4.69, 9.17) is 4.74 Å². The fourth-order valence-electron chi connectivity index (χ4n) is 2.32. The van der Waals surface area contributed by atoms with Crippen LogP contribution in [0.2, 0.25) is 0 Å². The molecule has 6 nitrogen and oxygen atoms in total. The van der Waals surface area contributed by atoms with Gasteiger partial charge in [0.1, 0.15) is 5.54 Å². The first-order valence-corrected chi connectivity index (χ1v) is 6.30. The van der Waals surface area contributed by atoms with Crippen LogP contribution >= 0.6 is 0 Å². The highest BCUT2D eigenvalue weighted by Crippen LogP contribution is 2.39. The van der Waals surface area contributed by atoms with E-state index in [0.717, 1.165) is 25.7 Å². The third-order valence-electron chi connectivity index (χ3n) is 3.97. The van der Waals surface area contributed by atoms with Gasteiger partial charge in [-0.05, 0) is 38.5 Å². The number of hydrogen-bond acceptors (Lipinski definition) is 3. The molecule has 1 unspecified atom stereocenters. The minimum atomic E-state index is -1.14. The fraction of sp³-hybridized carbons (Fsp3) is 0.833. The Hall–Kier alpha value is -1.30. The van der Waals surface area contributed by atoms with Crippen LogP contribution in [0, 0.1) is 5.92 Å². The van der Waals surface area contributed by atoms with Crippen molar-refractivity contribution < 1.29 is 19.4 Å². The smallest absolute Gasteiger partial charge is 0.329 e. The molecule has 2 saturated carbocycles. The molecule has 0 saturated heterocycles. The zero-order valence-corrected chi connectivity index (χ0v) is 10.7. The number of carboxylic acids is 1. The van der Waals surface area contributed by atoms with Gasteiger partial charge in [0, 0.05) is 13.2 Å². The summed E-state index contributed by atoms with van der Waals surface area (Å²) < 4.78 is 5.12. The van der Waals surface area contributed by atoms with Gasteiger partial charge in [0.05, 0.1) is 6.10 Å². The summed E-state index contributed by atoms with van der Waals surface area (Å²) in [5, 5.41) is 14.6. The zero-order valence-electron chi connectivity index (χ0n) is 10.7. The number of amides is 2. The number of carbonyl (C=O) groups is 2. The topological polar surface area (TPSA) is 87.7 Å². The summed E-state index contributed by atoms with van der Waals surface area (Å²) >= 11 is 0. The zero-order chi connectivity index (χ0) is 13.3. The minimum absolute atomic E-state index is 0.0499. The molecule has 0 aliphatic heterocycles. The van der Waals surface area contributed by atoms with E-state index >= 15 is 0 Å². The maximum absolute atomic E-state index is 11.8. The summed E-state index contributed by atoms with van der Waals surface area (Å²) in [4.78, 5) is 23.0. The lowest BCUT2D eigenvalue weighted by Crippen LogP contribution is -2.59. The molecule has 2 amide bonds. The summed E-state index contributed by atoms with van der Waals surface area (Å²) in [6.07, 6.45) is 3.51. The Morgan fingerprint density at radius 2 is 1.94 bits per heavy atom. The summed E-state index contributed by atoms with van der Waals surface area (Å²) in [7, 11) is 1.65. The molecule has 2 aliphatic carbocycles. The molecular formula is C12H20N2O4. The molecule has 3 N–H and O–H groups in total. The van der Waals surface area contributed by atoms with Crippen molar-refractivity contribution >= 4 is 12.0 Å². The lowest BCUT2D eigenvalue weighted by atomic mass is 9.89. The van der Waals surface area contributed by atoms with Gasteiger partial charge in [-0.1, -0.05) is 0 Å². The van der Waals surface area contributed by atoms with Crippen molar-refractivity contribution in [1.29, 1.82) is 0 Å². The van der Waals surface area contributed by atoms with Crippen LogP contribution in [0.1, 0.15) is 32.6 Å². The molecule has 0 bridgehead atoms. The Kier molecular flexibility index (Phi) is 3.47. The second kappa shape index (κ2) is 4.76. The predicted octanol–water partition coefficient (Wildman–Crippen LogP) is 0.716. The van der Waals surface area contributed by atoms with Crippen LogP contribution in [0.25, 0.3) is 0 Å². The molecule has 0 heterocycles. The van der Waals surface area contributed by atoms with E-state index in [-0.39, 0.29) is 18.1 Å². The van der Waals surface area contributed by atoms with Crippen molar-refractivity contribution in [1.82, 2.24) is 10.6 Å². The van der Waals surface area contributed by atoms with Gasteiger partial charge >= 0.3 is 12.0 Å². The molecule has 6 heteroatoms.